The maximum atomic E-state index is 12.1. The number of nitrogen functional groups attached to an aromatic ring is 1. The summed E-state index contributed by atoms with van der Waals surface area (Å²) < 4.78 is 0.712. The maximum Gasteiger partial charge on any atom is 0.255 e. The number of pyridine rings is 1. The molecule has 0 radical (unpaired) electrons. The summed E-state index contributed by atoms with van der Waals surface area (Å²) in [5.41, 5.74) is 3.90. The molecule has 4 N–H and O–H groups in total. The molecule has 1 heterocycles. The van der Waals surface area contributed by atoms with Crippen LogP contribution < -0.4 is 16.6 Å². The second-order valence-electron chi connectivity index (χ2n) is 4.33. The molecule has 0 saturated carbocycles. The fourth-order valence-corrected chi connectivity index (χ4v) is 2.25. The van der Waals surface area contributed by atoms with Gasteiger partial charge in [-0.1, -0.05) is 23.7 Å². The van der Waals surface area contributed by atoms with Gasteiger partial charge in [0.2, 0.25) is 0 Å². The Labute approximate surface area is 136 Å². The summed E-state index contributed by atoms with van der Waals surface area (Å²) >= 11 is 9.11. The Morgan fingerprint density at radius 2 is 2.05 bits per heavy atom. The Bertz CT molecular complexity index is 633. The molecule has 7 heteroatoms. The Hall–Kier alpha value is -1.63. The summed E-state index contributed by atoms with van der Waals surface area (Å²) in [6.45, 7) is 0.511. The Morgan fingerprint density at radius 3 is 2.71 bits per heavy atom. The smallest absolute Gasteiger partial charge is 0.255 e. The van der Waals surface area contributed by atoms with E-state index in [4.69, 9.17) is 17.4 Å². The lowest BCUT2D eigenvalue weighted by atomic mass is 10.1. The molecule has 0 saturated heterocycles. The molecule has 0 atom stereocenters. The van der Waals surface area contributed by atoms with Crippen molar-refractivity contribution in [2.24, 2.45) is 5.84 Å². The number of anilines is 1. The molecule has 0 aliphatic rings. The lowest BCUT2D eigenvalue weighted by Crippen LogP contribution is -2.27. The van der Waals surface area contributed by atoms with Crippen LogP contribution in [0.5, 0.6) is 0 Å². The molecule has 110 valence electrons. The van der Waals surface area contributed by atoms with Gasteiger partial charge in [-0.25, -0.2) is 10.8 Å². The first kappa shape index (κ1) is 15.8. The van der Waals surface area contributed by atoms with Crippen LogP contribution in [0.3, 0.4) is 0 Å². The van der Waals surface area contributed by atoms with E-state index in [1.54, 1.807) is 12.3 Å². The zero-order valence-corrected chi connectivity index (χ0v) is 13.4. The van der Waals surface area contributed by atoms with Gasteiger partial charge in [-0.05, 0) is 46.1 Å². The number of aromatic nitrogens is 1. The highest BCUT2D eigenvalue weighted by Crippen LogP contribution is 2.17. The number of hydrazine groups is 1. The molecule has 21 heavy (non-hydrogen) atoms. The third kappa shape index (κ3) is 4.42. The summed E-state index contributed by atoms with van der Waals surface area (Å²) in [7, 11) is 0. The molecule has 5 nitrogen and oxygen atoms in total. The van der Waals surface area contributed by atoms with Gasteiger partial charge < -0.3 is 10.7 Å². The number of nitrogens with one attached hydrogen (secondary N) is 2. The lowest BCUT2D eigenvalue weighted by Gasteiger charge is -2.09. The summed E-state index contributed by atoms with van der Waals surface area (Å²) in [5.74, 6) is 5.46. The molecule has 0 spiro atoms. The van der Waals surface area contributed by atoms with Gasteiger partial charge in [0.15, 0.2) is 5.82 Å². The van der Waals surface area contributed by atoms with Crippen molar-refractivity contribution in [3.63, 3.8) is 0 Å². The molecule has 0 aliphatic carbocycles. The number of nitrogens with two attached hydrogens (primary N) is 1. The van der Waals surface area contributed by atoms with Gasteiger partial charge >= 0.3 is 0 Å². The number of hydrogen-bond donors (Lipinski definition) is 3. The highest BCUT2D eigenvalue weighted by Gasteiger charge is 2.12. The van der Waals surface area contributed by atoms with Crippen LogP contribution in [-0.4, -0.2) is 17.4 Å². The monoisotopic (exact) mass is 368 g/mol. The summed E-state index contributed by atoms with van der Waals surface area (Å²) in [6.07, 6.45) is 2.29. The van der Waals surface area contributed by atoms with Crippen LogP contribution >= 0.6 is 27.5 Å². The van der Waals surface area contributed by atoms with Crippen LogP contribution in [0.15, 0.2) is 41.0 Å². The first-order valence-corrected chi connectivity index (χ1v) is 7.42. The molecule has 1 aromatic carbocycles. The van der Waals surface area contributed by atoms with Crippen molar-refractivity contribution >= 4 is 39.3 Å². The topological polar surface area (TPSA) is 80.0 Å². The minimum absolute atomic E-state index is 0.231. The molecule has 0 unspecified atom stereocenters. The van der Waals surface area contributed by atoms with E-state index in [2.05, 4.69) is 31.7 Å². The van der Waals surface area contributed by atoms with Crippen molar-refractivity contribution in [3.05, 3.63) is 57.2 Å². The molecule has 2 aromatic rings. The van der Waals surface area contributed by atoms with Crippen LogP contribution in [0, 0.1) is 0 Å². The summed E-state index contributed by atoms with van der Waals surface area (Å²) in [4.78, 5) is 16.2. The van der Waals surface area contributed by atoms with Gasteiger partial charge in [-0.15, -0.1) is 0 Å². The number of rotatable bonds is 5. The maximum absolute atomic E-state index is 12.1. The SMILES string of the molecule is NNc1ncc(Br)cc1C(=O)NCCc1ccc(Cl)cc1. The first-order chi connectivity index (χ1) is 10.1. The number of halogens is 2. The normalized spacial score (nSPS) is 10.2. The Balaban J connectivity index is 1.95. The van der Waals surface area contributed by atoms with Crippen LogP contribution in [0.4, 0.5) is 5.82 Å². The molecule has 1 aromatic heterocycles. The lowest BCUT2D eigenvalue weighted by molar-refractivity contribution is 0.0954. The number of amides is 1. The quantitative estimate of drug-likeness (QED) is 0.559. The predicted octanol–water partition coefficient (Wildman–Crippen LogP) is 2.76. The number of nitrogens with zero attached hydrogens (tertiary/aromatic N) is 1. The zero-order valence-electron chi connectivity index (χ0n) is 11.1. The van der Waals surface area contributed by atoms with Crippen LogP contribution in [-0.2, 0) is 6.42 Å². The zero-order chi connectivity index (χ0) is 15.2. The highest BCUT2D eigenvalue weighted by molar-refractivity contribution is 9.10. The van der Waals surface area contributed by atoms with Gasteiger partial charge in [0.1, 0.15) is 0 Å². The Morgan fingerprint density at radius 1 is 1.33 bits per heavy atom. The second kappa shape index (κ2) is 7.40. The van der Waals surface area contributed by atoms with Gasteiger partial charge in [-0.3, -0.25) is 4.79 Å². The molecular weight excluding hydrogens is 356 g/mol. The number of hydrogen-bond acceptors (Lipinski definition) is 4. The molecule has 0 aliphatic heterocycles. The fraction of sp³-hybridized carbons (Fsp3) is 0.143. The van der Waals surface area contributed by atoms with E-state index in [1.807, 2.05) is 24.3 Å². The standard InChI is InChI=1S/C14H14BrClN4O/c15-10-7-12(13(20-17)19-8-10)14(21)18-6-5-9-1-3-11(16)4-2-9/h1-4,7-8H,5-6,17H2,(H,18,21)(H,19,20). The van der Waals surface area contributed by atoms with E-state index >= 15 is 0 Å². The van der Waals surface area contributed by atoms with Crippen LogP contribution in [0.25, 0.3) is 0 Å². The van der Waals surface area contributed by atoms with Crippen molar-refractivity contribution in [2.75, 3.05) is 12.0 Å². The van der Waals surface area contributed by atoms with Crippen molar-refractivity contribution in [2.45, 2.75) is 6.42 Å². The highest BCUT2D eigenvalue weighted by atomic mass is 79.9. The van der Waals surface area contributed by atoms with E-state index in [1.165, 1.54) is 0 Å². The molecule has 1 amide bonds. The largest absolute Gasteiger partial charge is 0.352 e. The molecule has 0 fully saturated rings. The fourth-order valence-electron chi connectivity index (χ4n) is 1.79. The minimum atomic E-state index is -0.231. The van der Waals surface area contributed by atoms with Crippen molar-refractivity contribution in [1.82, 2.24) is 10.3 Å². The second-order valence-corrected chi connectivity index (χ2v) is 5.68. The average molecular weight is 370 g/mol. The minimum Gasteiger partial charge on any atom is -0.352 e. The van der Waals surface area contributed by atoms with Crippen molar-refractivity contribution in [1.29, 1.82) is 0 Å². The van der Waals surface area contributed by atoms with Gasteiger partial charge in [0.05, 0.1) is 5.56 Å². The molecule has 0 bridgehead atoms. The first-order valence-electron chi connectivity index (χ1n) is 6.25. The number of carbonyl (C=O) groups is 1. The van der Waals surface area contributed by atoms with Gasteiger partial charge in [-0.2, -0.15) is 0 Å². The van der Waals surface area contributed by atoms with Crippen LogP contribution in [0.2, 0.25) is 5.02 Å². The Kier molecular flexibility index (Phi) is 5.55. The number of benzene rings is 1. The van der Waals surface area contributed by atoms with E-state index in [0.29, 0.717) is 27.4 Å². The summed E-state index contributed by atoms with van der Waals surface area (Å²) in [6, 6.07) is 9.19. The van der Waals surface area contributed by atoms with E-state index in [0.717, 1.165) is 12.0 Å². The van der Waals surface area contributed by atoms with Gasteiger partial charge in [0, 0.05) is 22.2 Å². The number of carbonyl (C=O) groups excluding carboxylic acids is 1. The van der Waals surface area contributed by atoms with E-state index in [-0.39, 0.29) is 5.91 Å². The van der Waals surface area contributed by atoms with E-state index < -0.39 is 0 Å². The van der Waals surface area contributed by atoms with Crippen LogP contribution in [0.1, 0.15) is 15.9 Å². The third-order valence-corrected chi connectivity index (χ3v) is 3.53. The third-order valence-electron chi connectivity index (χ3n) is 2.85. The summed E-state index contributed by atoms with van der Waals surface area (Å²) in [5, 5.41) is 3.53. The van der Waals surface area contributed by atoms with Crippen molar-refractivity contribution < 1.29 is 4.79 Å². The molecular formula is C14H14BrClN4O. The van der Waals surface area contributed by atoms with Crippen molar-refractivity contribution in [3.8, 4) is 0 Å². The van der Waals surface area contributed by atoms with E-state index in [9.17, 15) is 4.79 Å². The van der Waals surface area contributed by atoms with Gasteiger partial charge in [0.25, 0.3) is 5.91 Å². The average Bonchev–Trinajstić information content (AvgIpc) is 2.49. The predicted molar refractivity (Wildman–Crippen MR) is 87.2 cm³/mol. The molecule has 2 rings (SSSR count).